The molecule has 3 N–H and O–H groups in total. The molecule has 1 saturated heterocycles. The molecule has 1 heterocycles. The Bertz CT molecular complexity index is 482. The smallest absolute Gasteiger partial charge is 0.170 e. The molecule has 0 aliphatic carbocycles. The molecular weight excluding hydrogens is 254 g/mol. The van der Waals surface area contributed by atoms with E-state index in [9.17, 15) is 0 Å². The van der Waals surface area contributed by atoms with Crippen LogP contribution < -0.4 is 5.73 Å². The van der Waals surface area contributed by atoms with Crippen molar-refractivity contribution in [1.82, 2.24) is 4.90 Å². The first-order valence-corrected chi connectivity index (χ1v) is 6.97. The summed E-state index contributed by atoms with van der Waals surface area (Å²) in [5, 5.41) is 11.7. The van der Waals surface area contributed by atoms with Gasteiger partial charge in [0, 0.05) is 25.3 Å². The lowest BCUT2D eigenvalue weighted by Crippen LogP contribution is -2.28. The van der Waals surface area contributed by atoms with Gasteiger partial charge in [0.15, 0.2) is 5.84 Å². The second kappa shape index (κ2) is 6.72. The third kappa shape index (κ3) is 3.71. The Kier molecular flexibility index (Phi) is 4.98. The fourth-order valence-corrected chi connectivity index (χ4v) is 2.58. The van der Waals surface area contributed by atoms with Gasteiger partial charge in [0.05, 0.1) is 6.10 Å². The van der Waals surface area contributed by atoms with E-state index < -0.39 is 0 Å². The summed E-state index contributed by atoms with van der Waals surface area (Å²) in [7, 11) is 2.11. The van der Waals surface area contributed by atoms with Crippen molar-refractivity contribution in [3.05, 3.63) is 34.9 Å². The Morgan fingerprint density at radius 2 is 2.35 bits per heavy atom. The third-order valence-corrected chi connectivity index (χ3v) is 3.73. The second-order valence-corrected chi connectivity index (χ2v) is 5.46. The molecule has 1 aliphatic heterocycles. The first-order valence-electron chi connectivity index (χ1n) is 6.97. The van der Waals surface area contributed by atoms with E-state index in [4.69, 9.17) is 15.7 Å². The van der Waals surface area contributed by atoms with Gasteiger partial charge in [0.2, 0.25) is 0 Å². The molecule has 110 valence electrons. The van der Waals surface area contributed by atoms with Gasteiger partial charge < -0.3 is 15.7 Å². The molecule has 1 unspecified atom stereocenters. The number of likely N-dealkylation sites (N-methyl/N-ethyl adjacent to an activating group) is 1. The number of rotatable bonds is 5. The summed E-state index contributed by atoms with van der Waals surface area (Å²) in [6.45, 7) is 4.78. The molecule has 2 rings (SSSR count). The number of aryl methyl sites for hydroxylation is 1. The van der Waals surface area contributed by atoms with Gasteiger partial charge in [-0.25, -0.2) is 0 Å². The minimum Gasteiger partial charge on any atom is -0.409 e. The number of nitrogens with zero attached hydrogens (tertiary/aromatic N) is 2. The molecule has 1 atom stereocenters. The van der Waals surface area contributed by atoms with E-state index in [1.165, 1.54) is 12.0 Å². The van der Waals surface area contributed by atoms with Crippen LogP contribution >= 0.6 is 0 Å². The monoisotopic (exact) mass is 277 g/mol. The van der Waals surface area contributed by atoms with Crippen molar-refractivity contribution in [2.24, 2.45) is 10.9 Å². The maximum atomic E-state index is 8.69. The molecule has 5 nitrogen and oxygen atoms in total. The zero-order valence-corrected chi connectivity index (χ0v) is 12.2. The highest BCUT2D eigenvalue weighted by Crippen LogP contribution is 2.16. The van der Waals surface area contributed by atoms with E-state index in [1.807, 2.05) is 25.1 Å². The highest BCUT2D eigenvalue weighted by molar-refractivity contribution is 5.97. The van der Waals surface area contributed by atoms with Crippen LogP contribution in [0.25, 0.3) is 0 Å². The fraction of sp³-hybridized carbons (Fsp3) is 0.533. The fourth-order valence-electron chi connectivity index (χ4n) is 2.58. The van der Waals surface area contributed by atoms with Crippen LogP contribution in [0.15, 0.2) is 23.4 Å². The molecule has 0 bridgehead atoms. The molecule has 0 radical (unpaired) electrons. The van der Waals surface area contributed by atoms with E-state index in [0.29, 0.717) is 6.10 Å². The van der Waals surface area contributed by atoms with E-state index in [-0.39, 0.29) is 5.84 Å². The van der Waals surface area contributed by atoms with Crippen LogP contribution in [0.4, 0.5) is 0 Å². The minimum absolute atomic E-state index is 0.146. The van der Waals surface area contributed by atoms with Crippen molar-refractivity contribution >= 4 is 5.84 Å². The van der Waals surface area contributed by atoms with Gasteiger partial charge in [-0.05, 0) is 44.0 Å². The van der Waals surface area contributed by atoms with Gasteiger partial charge in [0.1, 0.15) is 0 Å². The lowest BCUT2D eigenvalue weighted by atomic mass is 10.0. The molecule has 1 aliphatic rings. The quantitative estimate of drug-likeness (QED) is 0.372. The molecule has 1 fully saturated rings. The number of amidine groups is 1. The van der Waals surface area contributed by atoms with Crippen LogP contribution in [0, 0.1) is 6.92 Å². The third-order valence-electron chi connectivity index (χ3n) is 3.73. The molecule has 0 spiro atoms. The van der Waals surface area contributed by atoms with Crippen molar-refractivity contribution in [3.63, 3.8) is 0 Å². The summed E-state index contributed by atoms with van der Waals surface area (Å²) in [6.07, 6.45) is 2.70. The summed E-state index contributed by atoms with van der Waals surface area (Å²) in [5.74, 6) is 0.146. The van der Waals surface area contributed by atoms with Gasteiger partial charge in [0.25, 0.3) is 0 Å². The number of hydrogen-bond acceptors (Lipinski definition) is 4. The lowest BCUT2D eigenvalue weighted by molar-refractivity contribution is 0.0793. The molecule has 1 aromatic carbocycles. The number of benzene rings is 1. The maximum absolute atomic E-state index is 8.69. The Labute approximate surface area is 120 Å². The minimum atomic E-state index is 0.146. The van der Waals surface area contributed by atoms with E-state index in [1.54, 1.807) is 0 Å². The normalized spacial score (nSPS) is 19.8. The van der Waals surface area contributed by atoms with Gasteiger partial charge in [-0.2, -0.15) is 0 Å². The van der Waals surface area contributed by atoms with Crippen LogP contribution in [0.2, 0.25) is 0 Å². The van der Waals surface area contributed by atoms with E-state index in [0.717, 1.165) is 37.2 Å². The Hall–Kier alpha value is -1.59. The van der Waals surface area contributed by atoms with E-state index >= 15 is 0 Å². The van der Waals surface area contributed by atoms with Gasteiger partial charge in [-0.3, -0.25) is 4.90 Å². The average Bonchev–Trinajstić information content (AvgIpc) is 2.93. The molecule has 5 heteroatoms. The van der Waals surface area contributed by atoms with Gasteiger partial charge in [-0.15, -0.1) is 0 Å². The molecule has 0 aromatic heterocycles. The van der Waals surface area contributed by atoms with Crippen LogP contribution in [0.1, 0.15) is 29.5 Å². The van der Waals surface area contributed by atoms with Crippen molar-refractivity contribution in [1.29, 1.82) is 0 Å². The predicted octanol–water partition coefficient (Wildman–Crippen LogP) is 1.70. The SMILES string of the molecule is Cc1cc(/C(N)=N/O)ccc1CN(C)CC1CCCO1. The van der Waals surface area contributed by atoms with Crippen LogP contribution in [-0.2, 0) is 11.3 Å². The van der Waals surface area contributed by atoms with Gasteiger partial charge in [-0.1, -0.05) is 17.3 Å². The molecule has 0 saturated carbocycles. The highest BCUT2D eigenvalue weighted by atomic mass is 16.5. The summed E-state index contributed by atoms with van der Waals surface area (Å²) >= 11 is 0. The van der Waals surface area contributed by atoms with Crippen molar-refractivity contribution < 1.29 is 9.94 Å². The van der Waals surface area contributed by atoms with Crippen LogP contribution in [0.5, 0.6) is 0 Å². The number of oxime groups is 1. The first kappa shape index (κ1) is 14.8. The predicted molar refractivity (Wildman–Crippen MR) is 79.0 cm³/mol. The van der Waals surface area contributed by atoms with Crippen molar-refractivity contribution in [2.75, 3.05) is 20.2 Å². The second-order valence-electron chi connectivity index (χ2n) is 5.46. The number of nitrogens with two attached hydrogens (primary N) is 1. The van der Waals surface area contributed by atoms with Gasteiger partial charge >= 0.3 is 0 Å². The van der Waals surface area contributed by atoms with Crippen LogP contribution in [-0.4, -0.2) is 42.2 Å². The summed E-state index contributed by atoms with van der Waals surface area (Å²) < 4.78 is 5.65. The van der Waals surface area contributed by atoms with Crippen molar-refractivity contribution in [2.45, 2.75) is 32.4 Å². The Balaban J connectivity index is 1.98. The zero-order chi connectivity index (χ0) is 14.5. The maximum Gasteiger partial charge on any atom is 0.170 e. The topological polar surface area (TPSA) is 71.1 Å². The number of ether oxygens (including phenoxy) is 1. The average molecular weight is 277 g/mol. The molecular formula is C15H23N3O2. The molecule has 1 aromatic rings. The Morgan fingerprint density at radius 1 is 1.55 bits per heavy atom. The lowest BCUT2D eigenvalue weighted by Gasteiger charge is -2.21. The standard InChI is InChI=1S/C15H23N3O2/c1-11-8-12(15(16)17-19)5-6-13(11)9-18(2)10-14-4-3-7-20-14/h5-6,8,14,19H,3-4,7,9-10H2,1-2H3,(H2,16,17). The van der Waals surface area contributed by atoms with Crippen LogP contribution in [0.3, 0.4) is 0 Å². The highest BCUT2D eigenvalue weighted by Gasteiger charge is 2.17. The van der Waals surface area contributed by atoms with E-state index in [2.05, 4.69) is 17.1 Å². The Morgan fingerprint density at radius 3 is 2.95 bits per heavy atom. The summed E-state index contributed by atoms with van der Waals surface area (Å²) in [6, 6.07) is 5.87. The first-order chi connectivity index (χ1) is 9.60. The number of hydrogen-bond donors (Lipinski definition) is 2. The summed E-state index contributed by atoms with van der Waals surface area (Å²) in [5.41, 5.74) is 8.74. The van der Waals surface area contributed by atoms with Crippen molar-refractivity contribution in [3.8, 4) is 0 Å². The largest absolute Gasteiger partial charge is 0.409 e. The molecule has 20 heavy (non-hydrogen) atoms. The zero-order valence-electron chi connectivity index (χ0n) is 12.2. The molecule has 0 amide bonds. The summed E-state index contributed by atoms with van der Waals surface area (Å²) in [4.78, 5) is 2.28.